The van der Waals surface area contributed by atoms with Crippen LogP contribution in [0.3, 0.4) is 0 Å². The van der Waals surface area contributed by atoms with Gasteiger partial charge in [-0.2, -0.15) is 0 Å². The maximum atomic E-state index is 5.91. The summed E-state index contributed by atoms with van der Waals surface area (Å²) in [7, 11) is 4.23. The van der Waals surface area contributed by atoms with Gasteiger partial charge >= 0.3 is 0 Å². The minimum Gasteiger partial charge on any atom is -0.372 e. The van der Waals surface area contributed by atoms with Crippen molar-refractivity contribution in [2.45, 2.75) is 25.2 Å². The van der Waals surface area contributed by atoms with E-state index < -0.39 is 0 Å². The molecule has 2 rings (SSSR count). The van der Waals surface area contributed by atoms with Crippen molar-refractivity contribution in [3.63, 3.8) is 0 Å². The van der Waals surface area contributed by atoms with Crippen molar-refractivity contribution < 1.29 is 18.7 Å². The largest absolute Gasteiger partial charge is 0.372 e. The molecule has 2 aliphatic heterocycles. The zero-order chi connectivity index (χ0) is 13.2. The van der Waals surface area contributed by atoms with Crippen LogP contribution in [0.1, 0.15) is 6.92 Å². The third-order valence-electron chi connectivity index (χ3n) is 3.80. The molecule has 0 aromatic heterocycles. The molecule has 18 heavy (non-hydrogen) atoms. The van der Waals surface area contributed by atoms with E-state index in [1.807, 2.05) is 0 Å². The lowest BCUT2D eigenvalue weighted by atomic mass is 10.0. The van der Waals surface area contributed by atoms with Gasteiger partial charge in [-0.3, -0.25) is 0 Å². The van der Waals surface area contributed by atoms with Gasteiger partial charge in [-0.1, -0.05) is 6.92 Å². The second-order valence-corrected chi connectivity index (χ2v) is 6.00. The van der Waals surface area contributed by atoms with Gasteiger partial charge in [0.2, 0.25) is 0 Å². The summed E-state index contributed by atoms with van der Waals surface area (Å²) in [4.78, 5) is 0. The first-order chi connectivity index (χ1) is 8.53. The molecule has 0 saturated carbocycles. The molecule has 2 fully saturated rings. The van der Waals surface area contributed by atoms with Gasteiger partial charge < -0.3 is 18.7 Å². The minimum absolute atomic E-state index is 0.0887. The predicted octanol–water partition coefficient (Wildman–Crippen LogP) is 0.515. The Morgan fingerprint density at radius 1 is 1.28 bits per heavy atom. The molecule has 2 heterocycles. The number of hydrogen-bond donors (Lipinski definition) is 0. The molecule has 0 spiro atoms. The highest BCUT2D eigenvalue weighted by Crippen LogP contribution is 2.32. The van der Waals surface area contributed by atoms with E-state index >= 15 is 0 Å². The Labute approximate surface area is 110 Å². The average molecular weight is 254 g/mol. The summed E-state index contributed by atoms with van der Waals surface area (Å²) in [5.41, 5.74) is 0. The average Bonchev–Trinajstić information content (AvgIpc) is 2.83. The lowest BCUT2D eigenvalue weighted by molar-refractivity contribution is -0.883. The van der Waals surface area contributed by atoms with Gasteiger partial charge in [-0.05, 0) is 5.92 Å². The Balaban J connectivity index is 1.74. The zero-order valence-corrected chi connectivity index (χ0v) is 11.6. The zero-order valence-electron chi connectivity index (χ0n) is 11.6. The fourth-order valence-electron chi connectivity index (χ4n) is 2.58. The van der Waals surface area contributed by atoms with E-state index in [0.29, 0.717) is 19.1 Å². The summed E-state index contributed by atoms with van der Waals surface area (Å²) in [6, 6.07) is 0. The SMILES string of the molecule is C#CC[N+](C)(C)CCO[C@@H]1CO[C@H]2[C@@H]1OC[C@@H]2C. The molecular weight excluding hydrogens is 230 g/mol. The smallest absolute Gasteiger partial charge is 0.140 e. The summed E-state index contributed by atoms with van der Waals surface area (Å²) in [6.07, 6.45) is 5.79. The summed E-state index contributed by atoms with van der Waals surface area (Å²) >= 11 is 0. The first-order valence-electron chi connectivity index (χ1n) is 6.64. The Hall–Kier alpha value is -0.600. The highest BCUT2D eigenvalue weighted by atomic mass is 16.6. The molecule has 4 heteroatoms. The van der Waals surface area contributed by atoms with Gasteiger partial charge in [-0.15, -0.1) is 6.42 Å². The third-order valence-corrected chi connectivity index (χ3v) is 3.80. The van der Waals surface area contributed by atoms with Crippen molar-refractivity contribution in [2.24, 2.45) is 5.92 Å². The molecule has 0 unspecified atom stereocenters. The Bertz CT molecular complexity index is 323. The van der Waals surface area contributed by atoms with Gasteiger partial charge in [0.05, 0.1) is 40.0 Å². The van der Waals surface area contributed by atoms with Gasteiger partial charge in [0.25, 0.3) is 0 Å². The molecule has 0 N–H and O–H groups in total. The number of hydrogen-bond acceptors (Lipinski definition) is 3. The molecule has 0 bridgehead atoms. The van der Waals surface area contributed by atoms with Crippen molar-refractivity contribution in [3.05, 3.63) is 0 Å². The maximum absolute atomic E-state index is 5.91. The van der Waals surface area contributed by atoms with Crippen molar-refractivity contribution in [3.8, 4) is 12.3 Å². The normalized spacial score (nSPS) is 35.4. The van der Waals surface area contributed by atoms with Gasteiger partial charge in [0.15, 0.2) is 0 Å². The van der Waals surface area contributed by atoms with Crippen LogP contribution < -0.4 is 0 Å². The van der Waals surface area contributed by atoms with Crippen molar-refractivity contribution in [2.75, 3.05) is 47.0 Å². The van der Waals surface area contributed by atoms with Gasteiger partial charge in [0.1, 0.15) is 25.3 Å². The lowest BCUT2D eigenvalue weighted by Gasteiger charge is -2.28. The van der Waals surface area contributed by atoms with Gasteiger partial charge in [0, 0.05) is 5.92 Å². The molecule has 2 aliphatic rings. The highest BCUT2D eigenvalue weighted by molar-refractivity contribution is 4.93. The molecule has 4 nitrogen and oxygen atoms in total. The fraction of sp³-hybridized carbons (Fsp3) is 0.857. The number of fused-ring (bicyclic) bond motifs is 1. The quantitative estimate of drug-likeness (QED) is 0.529. The summed E-state index contributed by atoms with van der Waals surface area (Å²) < 4.78 is 18.2. The Kier molecular flexibility index (Phi) is 4.29. The number of nitrogens with zero attached hydrogens (tertiary/aromatic N) is 1. The lowest BCUT2D eigenvalue weighted by Crippen LogP contribution is -2.43. The van der Waals surface area contributed by atoms with Crippen LogP contribution >= 0.6 is 0 Å². The maximum Gasteiger partial charge on any atom is 0.140 e. The fourth-order valence-corrected chi connectivity index (χ4v) is 2.58. The minimum atomic E-state index is 0.0887. The van der Waals surface area contributed by atoms with E-state index in [1.54, 1.807) is 0 Å². The van der Waals surface area contributed by atoms with Crippen molar-refractivity contribution >= 4 is 0 Å². The van der Waals surface area contributed by atoms with Crippen LogP contribution in [0.25, 0.3) is 0 Å². The number of quaternary nitrogens is 1. The molecule has 0 aromatic rings. The highest BCUT2D eigenvalue weighted by Gasteiger charge is 2.46. The van der Waals surface area contributed by atoms with Crippen LogP contribution in [-0.4, -0.2) is 69.8 Å². The van der Waals surface area contributed by atoms with Crippen LogP contribution in [0.4, 0.5) is 0 Å². The summed E-state index contributed by atoms with van der Waals surface area (Å²) in [5, 5.41) is 0. The van der Waals surface area contributed by atoms with Crippen LogP contribution in [0.5, 0.6) is 0 Å². The van der Waals surface area contributed by atoms with Crippen molar-refractivity contribution in [1.82, 2.24) is 0 Å². The standard InChI is InChI=1S/C14H24NO3/c1-5-6-15(3,4)7-8-16-12-10-18-13-11(2)9-17-14(12)13/h1,11-14H,6-10H2,2-4H3/q+1/t11-,12+,13+,14+/m0/s1. The van der Waals surface area contributed by atoms with E-state index in [0.717, 1.165) is 24.2 Å². The number of ether oxygens (including phenoxy) is 3. The predicted molar refractivity (Wildman–Crippen MR) is 69.1 cm³/mol. The van der Waals surface area contributed by atoms with Gasteiger partial charge in [-0.25, -0.2) is 0 Å². The van der Waals surface area contributed by atoms with E-state index in [4.69, 9.17) is 20.6 Å². The topological polar surface area (TPSA) is 27.7 Å². The molecule has 0 aliphatic carbocycles. The number of terminal acetylenes is 1. The molecule has 102 valence electrons. The first-order valence-corrected chi connectivity index (χ1v) is 6.64. The number of rotatable bonds is 5. The van der Waals surface area contributed by atoms with E-state index in [9.17, 15) is 0 Å². The van der Waals surface area contributed by atoms with E-state index in [2.05, 4.69) is 26.9 Å². The molecule has 2 saturated heterocycles. The molecule has 0 amide bonds. The molecule has 0 aromatic carbocycles. The van der Waals surface area contributed by atoms with Crippen LogP contribution in [0, 0.1) is 18.3 Å². The monoisotopic (exact) mass is 254 g/mol. The van der Waals surface area contributed by atoms with E-state index in [-0.39, 0.29) is 18.3 Å². The Morgan fingerprint density at radius 3 is 2.72 bits per heavy atom. The van der Waals surface area contributed by atoms with Crippen LogP contribution in [0.2, 0.25) is 0 Å². The molecular formula is C14H24NO3+. The molecule has 4 atom stereocenters. The summed E-state index contributed by atoms with van der Waals surface area (Å²) in [5.74, 6) is 3.18. The number of likely N-dealkylation sites (N-methyl/N-ethyl adjacent to an activating group) is 1. The first kappa shape index (κ1) is 13.8. The van der Waals surface area contributed by atoms with E-state index in [1.165, 1.54) is 0 Å². The second kappa shape index (κ2) is 5.58. The Morgan fingerprint density at radius 2 is 2.00 bits per heavy atom. The molecule has 0 radical (unpaired) electrons. The van der Waals surface area contributed by atoms with Crippen molar-refractivity contribution in [1.29, 1.82) is 0 Å². The van der Waals surface area contributed by atoms with Crippen LogP contribution in [0.15, 0.2) is 0 Å². The van der Waals surface area contributed by atoms with Crippen LogP contribution in [-0.2, 0) is 14.2 Å². The third kappa shape index (κ3) is 3.04. The summed E-state index contributed by atoms with van der Waals surface area (Å²) in [6.45, 7) is 5.94. The second-order valence-electron chi connectivity index (χ2n) is 6.00.